The molecule has 0 bridgehead atoms. The number of rotatable bonds is 17. The van der Waals surface area contributed by atoms with Gasteiger partial charge in [0.25, 0.3) is 0 Å². The van der Waals surface area contributed by atoms with Gasteiger partial charge in [0.05, 0.1) is 12.3 Å². The number of carboxylic acid groups (broad SMARTS) is 2. The van der Waals surface area contributed by atoms with Crippen molar-refractivity contribution in [1.29, 1.82) is 0 Å². The van der Waals surface area contributed by atoms with E-state index in [1.807, 2.05) is 6.08 Å². The fraction of sp³-hybridized carbons (Fsp3) is 0.800. The molecule has 0 rings (SSSR count). The van der Waals surface area contributed by atoms with Crippen LogP contribution in [0.4, 0.5) is 0 Å². The summed E-state index contributed by atoms with van der Waals surface area (Å²) < 4.78 is 0. The summed E-state index contributed by atoms with van der Waals surface area (Å²) >= 11 is 0. The van der Waals surface area contributed by atoms with E-state index in [9.17, 15) is 9.59 Å². The van der Waals surface area contributed by atoms with E-state index in [1.54, 1.807) is 0 Å². The van der Waals surface area contributed by atoms with Gasteiger partial charge in [-0.2, -0.15) is 0 Å². The molecule has 0 aliphatic carbocycles. The van der Waals surface area contributed by atoms with Crippen LogP contribution < -0.4 is 0 Å². The molecule has 0 aromatic carbocycles. The van der Waals surface area contributed by atoms with Gasteiger partial charge in [-0.3, -0.25) is 9.59 Å². The lowest BCUT2D eigenvalue weighted by atomic mass is 10.0. The Morgan fingerprint density at radius 2 is 1.25 bits per heavy atom. The number of carboxylic acids is 2. The molecule has 140 valence electrons. The van der Waals surface area contributed by atoms with Crippen molar-refractivity contribution in [2.45, 2.75) is 96.8 Å². The van der Waals surface area contributed by atoms with Crippen molar-refractivity contribution in [3.8, 4) is 0 Å². The normalized spacial score (nSPS) is 12.5. The van der Waals surface area contributed by atoms with Crippen LogP contribution in [0.5, 0.6) is 0 Å². The largest absolute Gasteiger partial charge is 0.481 e. The summed E-state index contributed by atoms with van der Waals surface area (Å²) in [6.45, 7) is 2.25. The average Bonchev–Trinajstić information content (AvgIpc) is 2.53. The summed E-state index contributed by atoms with van der Waals surface area (Å²) in [6, 6.07) is 0. The summed E-state index contributed by atoms with van der Waals surface area (Å²) in [5.74, 6) is -3.04. The first kappa shape index (κ1) is 22.7. The molecule has 0 unspecified atom stereocenters. The second-order valence-corrected chi connectivity index (χ2v) is 6.65. The van der Waals surface area contributed by atoms with Gasteiger partial charge in [-0.05, 0) is 12.8 Å². The fourth-order valence-corrected chi connectivity index (χ4v) is 2.79. The number of carbonyl (C=O) groups is 2. The van der Waals surface area contributed by atoms with Crippen LogP contribution in [0.2, 0.25) is 0 Å². The minimum absolute atomic E-state index is 0.343. The van der Waals surface area contributed by atoms with Crippen LogP contribution in [-0.2, 0) is 9.59 Å². The molecule has 0 heterocycles. The highest BCUT2D eigenvalue weighted by atomic mass is 16.4. The van der Waals surface area contributed by atoms with Crippen molar-refractivity contribution < 1.29 is 19.8 Å². The van der Waals surface area contributed by atoms with Crippen LogP contribution in [0, 0.1) is 5.92 Å². The van der Waals surface area contributed by atoms with E-state index in [4.69, 9.17) is 10.2 Å². The predicted molar refractivity (Wildman–Crippen MR) is 98.2 cm³/mol. The van der Waals surface area contributed by atoms with Gasteiger partial charge in [-0.1, -0.05) is 89.7 Å². The van der Waals surface area contributed by atoms with Crippen LogP contribution in [0.3, 0.4) is 0 Å². The average molecular weight is 341 g/mol. The fourth-order valence-electron chi connectivity index (χ4n) is 2.79. The highest BCUT2D eigenvalue weighted by molar-refractivity contribution is 5.79. The molecule has 2 N–H and O–H groups in total. The summed E-state index contributed by atoms with van der Waals surface area (Å²) in [4.78, 5) is 21.5. The molecule has 0 fully saturated rings. The van der Waals surface area contributed by atoms with Gasteiger partial charge in [0.1, 0.15) is 0 Å². The second kappa shape index (κ2) is 16.5. The van der Waals surface area contributed by atoms with E-state index < -0.39 is 17.9 Å². The van der Waals surface area contributed by atoms with E-state index in [0.717, 1.165) is 19.3 Å². The molecule has 0 aliphatic rings. The Bertz CT molecular complexity index is 350. The summed E-state index contributed by atoms with van der Waals surface area (Å²) in [5, 5.41) is 17.6. The molecule has 0 saturated heterocycles. The zero-order valence-electron chi connectivity index (χ0n) is 15.3. The van der Waals surface area contributed by atoms with Crippen molar-refractivity contribution in [3.05, 3.63) is 12.2 Å². The third-order valence-electron chi connectivity index (χ3n) is 4.30. The van der Waals surface area contributed by atoms with E-state index >= 15 is 0 Å². The molecule has 0 aromatic rings. The van der Waals surface area contributed by atoms with E-state index in [2.05, 4.69) is 6.92 Å². The molecule has 0 aromatic heterocycles. The second-order valence-electron chi connectivity index (χ2n) is 6.65. The maximum atomic E-state index is 10.9. The van der Waals surface area contributed by atoms with Gasteiger partial charge in [-0.15, -0.1) is 0 Å². The number of aliphatic carboxylic acids is 2. The maximum Gasteiger partial charge on any atom is 0.310 e. The van der Waals surface area contributed by atoms with Gasteiger partial charge >= 0.3 is 11.9 Å². The SMILES string of the molecule is CCCCCCCCCCCCCC/C=C\[C@H](CC(=O)O)C(=O)O. The Kier molecular flexibility index (Phi) is 15.6. The lowest BCUT2D eigenvalue weighted by molar-refractivity contribution is -0.146. The third kappa shape index (κ3) is 15.6. The first-order valence-corrected chi connectivity index (χ1v) is 9.69. The van der Waals surface area contributed by atoms with Crippen LogP contribution in [0.25, 0.3) is 0 Å². The highest BCUT2D eigenvalue weighted by Crippen LogP contribution is 2.13. The number of hydrogen-bond donors (Lipinski definition) is 2. The topological polar surface area (TPSA) is 74.6 Å². The zero-order chi connectivity index (χ0) is 18.0. The molecule has 0 spiro atoms. The van der Waals surface area contributed by atoms with Gasteiger partial charge in [0.2, 0.25) is 0 Å². The molecule has 0 radical (unpaired) electrons. The smallest absolute Gasteiger partial charge is 0.310 e. The minimum atomic E-state index is -1.07. The first-order valence-electron chi connectivity index (χ1n) is 9.69. The lowest BCUT2D eigenvalue weighted by Crippen LogP contribution is -2.15. The summed E-state index contributed by atoms with van der Waals surface area (Å²) in [6.07, 6.45) is 19.4. The molecular formula is C20H36O4. The molecule has 0 aliphatic heterocycles. The predicted octanol–water partition coefficient (Wildman–Crippen LogP) is 5.81. The van der Waals surface area contributed by atoms with Crippen LogP contribution in [0.1, 0.15) is 96.8 Å². The Labute approximate surface area is 147 Å². The Hall–Kier alpha value is -1.32. The maximum absolute atomic E-state index is 10.9. The van der Waals surface area contributed by atoms with Crippen molar-refractivity contribution in [1.82, 2.24) is 0 Å². The third-order valence-corrected chi connectivity index (χ3v) is 4.30. The van der Waals surface area contributed by atoms with Crippen molar-refractivity contribution in [2.24, 2.45) is 5.92 Å². The lowest BCUT2D eigenvalue weighted by Gasteiger charge is -2.04. The number of unbranched alkanes of at least 4 members (excludes halogenated alkanes) is 12. The van der Waals surface area contributed by atoms with E-state index in [-0.39, 0.29) is 6.42 Å². The van der Waals surface area contributed by atoms with Crippen LogP contribution >= 0.6 is 0 Å². The first-order chi connectivity index (χ1) is 11.6. The van der Waals surface area contributed by atoms with Gasteiger partial charge in [0, 0.05) is 0 Å². The molecule has 0 saturated carbocycles. The van der Waals surface area contributed by atoms with Crippen LogP contribution in [-0.4, -0.2) is 22.2 Å². The van der Waals surface area contributed by atoms with Crippen molar-refractivity contribution in [3.63, 3.8) is 0 Å². The Morgan fingerprint density at radius 1 is 0.792 bits per heavy atom. The molecule has 24 heavy (non-hydrogen) atoms. The van der Waals surface area contributed by atoms with E-state index in [0.29, 0.717) is 0 Å². The molecule has 4 nitrogen and oxygen atoms in total. The van der Waals surface area contributed by atoms with Crippen molar-refractivity contribution >= 4 is 11.9 Å². The van der Waals surface area contributed by atoms with Crippen molar-refractivity contribution in [2.75, 3.05) is 0 Å². The summed E-state index contributed by atoms with van der Waals surface area (Å²) in [5.41, 5.74) is 0. The Morgan fingerprint density at radius 3 is 1.67 bits per heavy atom. The van der Waals surface area contributed by atoms with Gasteiger partial charge in [-0.25, -0.2) is 0 Å². The summed E-state index contributed by atoms with van der Waals surface area (Å²) in [7, 11) is 0. The zero-order valence-corrected chi connectivity index (χ0v) is 15.3. The number of hydrogen-bond acceptors (Lipinski definition) is 2. The Balaban J connectivity index is 3.42. The standard InChI is InChI=1S/C20H36O4/c1-2-3-4-5-6-7-8-9-10-11-12-13-14-15-16-18(20(23)24)17-19(21)22/h15-16,18H,2-14,17H2,1H3,(H,21,22)(H,23,24)/b16-15-/t18-/m1/s1. The van der Waals surface area contributed by atoms with Crippen LogP contribution in [0.15, 0.2) is 12.2 Å². The number of allylic oxidation sites excluding steroid dienone is 1. The highest BCUT2D eigenvalue weighted by Gasteiger charge is 2.17. The minimum Gasteiger partial charge on any atom is -0.481 e. The molecule has 4 heteroatoms. The van der Waals surface area contributed by atoms with E-state index in [1.165, 1.54) is 70.3 Å². The quantitative estimate of drug-likeness (QED) is 0.259. The molecule has 0 amide bonds. The van der Waals surface area contributed by atoms with Gasteiger partial charge in [0.15, 0.2) is 0 Å². The molecular weight excluding hydrogens is 304 g/mol. The monoisotopic (exact) mass is 340 g/mol. The van der Waals surface area contributed by atoms with Gasteiger partial charge < -0.3 is 10.2 Å². The molecule has 1 atom stereocenters.